The number of fused-ring (bicyclic) bond motifs is 1. The van der Waals surface area contributed by atoms with Crippen LogP contribution >= 0.6 is 0 Å². The average Bonchev–Trinajstić information content (AvgIpc) is 3.31. The molecule has 2 heterocycles. The summed E-state index contributed by atoms with van der Waals surface area (Å²) in [7, 11) is 0. The topological polar surface area (TPSA) is 88.4 Å². The van der Waals surface area contributed by atoms with Gasteiger partial charge in [-0.15, -0.1) is 0 Å². The van der Waals surface area contributed by atoms with Crippen LogP contribution in [0.1, 0.15) is 35.3 Å². The number of aliphatic hydroxyl groups excluding tert-OH is 1. The highest BCUT2D eigenvalue weighted by Gasteiger charge is 2.57. The maximum atomic E-state index is 13.6. The van der Waals surface area contributed by atoms with Gasteiger partial charge in [0.15, 0.2) is 12.1 Å². The molecule has 2 aliphatic heterocycles. The van der Waals surface area contributed by atoms with Crippen LogP contribution in [0, 0.1) is 6.92 Å². The molecular formula is C29H26N2O5. The van der Waals surface area contributed by atoms with Crippen LogP contribution in [0.2, 0.25) is 0 Å². The SMILES string of the molecule is C/C(CO)=C(/C(=O)OC(c1ccccc1)c1ccccc1)N1C(=O)[C@@H]2N=C(c3ccc(C)cc3)O[C@@H]21. The second kappa shape index (κ2) is 9.79. The first-order valence-electron chi connectivity index (χ1n) is 11.7. The Kier molecular flexibility index (Phi) is 6.40. The molecule has 0 spiro atoms. The van der Waals surface area contributed by atoms with Crippen LogP contribution in [-0.4, -0.2) is 46.7 Å². The van der Waals surface area contributed by atoms with E-state index < -0.39 is 30.9 Å². The van der Waals surface area contributed by atoms with E-state index >= 15 is 0 Å². The normalized spacial score (nSPS) is 19.2. The fraction of sp³-hybridized carbons (Fsp3) is 0.207. The third-order valence-corrected chi connectivity index (χ3v) is 6.31. The zero-order valence-corrected chi connectivity index (χ0v) is 20.0. The summed E-state index contributed by atoms with van der Waals surface area (Å²) >= 11 is 0. The molecule has 7 heteroatoms. The average molecular weight is 483 g/mol. The molecule has 0 bridgehead atoms. The molecule has 3 aromatic carbocycles. The van der Waals surface area contributed by atoms with Gasteiger partial charge < -0.3 is 14.6 Å². The summed E-state index contributed by atoms with van der Waals surface area (Å²) in [5, 5.41) is 9.90. The zero-order chi connectivity index (χ0) is 25.2. The summed E-state index contributed by atoms with van der Waals surface area (Å²) in [6.07, 6.45) is -1.47. The Morgan fingerprint density at radius 2 is 1.58 bits per heavy atom. The minimum atomic E-state index is -0.773. The Hall–Kier alpha value is -4.23. The Morgan fingerprint density at radius 1 is 1.00 bits per heavy atom. The number of benzene rings is 3. The van der Waals surface area contributed by atoms with E-state index in [4.69, 9.17) is 9.47 Å². The van der Waals surface area contributed by atoms with Gasteiger partial charge >= 0.3 is 5.97 Å². The molecular weight excluding hydrogens is 456 g/mol. The van der Waals surface area contributed by atoms with E-state index in [1.54, 1.807) is 6.92 Å². The summed E-state index contributed by atoms with van der Waals surface area (Å²) in [4.78, 5) is 32.3. The van der Waals surface area contributed by atoms with Crippen molar-refractivity contribution >= 4 is 17.8 Å². The predicted octanol–water partition coefficient (Wildman–Crippen LogP) is 3.91. The van der Waals surface area contributed by atoms with Crippen molar-refractivity contribution in [3.63, 3.8) is 0 Å². The number of likely N-dealkylation sites (tertiary alicyclic amines) is 1. The van der Waals surface area contributed by atoms with Gasteiger partial charge in [0, 0.05) is 5.56 Å². The Morgan fingerprint density at radius 3 is 2.14 bits per heavy atom. The van der Waals surface area contributed by atoms with Gasteiger partial charge in [-0.25, -0.2) is 9.79 Å². The summed E-state index contributed by atoms with van der Waals surface area (Å²) in [5.41, 5.74) is 3.69. The number of hydrogen-bond donors (Lipinski definition) is 1. The van der Waals surface area contributed by atoms with Crippen molar-refractivity contribution < 1.29 is 24.2 Å². The summed E-state index contributed by atoms with van der Waals surface area (Å²) < 4.78 is 12.0. The Balaban J connectivity index is 1.42. The molecule has 1 saturated heterocycles. The fourth-order valence-electron chi connectivity index (χ4n) is 4.33. The van der Waals surface area contributed by atoms with E-state index in [2.05, 4.69) is 4.99 Å². The number of rotatable bonds is 7. The molecule has 5 rings (SSSR count). The molecule has 0 unspecified atom stereocenters. The highest BCUT2D eigenvalue weighted by Crippen LogP contribution is 2.37. The van der Waals surface area contributed by atoms with Crippen LogP contribution in [0.15, 0.2) is 101 Å². The van der Waals surface area contributed by atoms with E-state index in [9.17, 15) is 14.7 Å². The van der Waals surface area contributed by atoms with Crippen LogP contribution in [0.4, 0.5) is 0 Å². The van der Waals surface area contributed by atoms with E-state index in [1.807, 2.05) is 91.9 Å². The first-order chi connectivity index (χ1) is 17.5. The number of esters is 1. The largest absolute Gasteiger partial charge is 0.450 e. The second-order valence-corrected chi connectivity index (χ2v) is 8.86. The van der Waals surface area contributed by atoms with Crippen molar-refractivity contribution in [2.45, 2.75) is 32.2 Å². The van der Waals surface area contributed by atoms with Crippen LogP contribution in [0.5, 0.6) is 0 Å². The standard InChI is InChI=1S/C29H26N2O5/c1-18-13-15-22(16-14-18)26-30-23-27(33)31(28(23)36-26)24(19(2)17-32)29(34)35-25(20-9-5-3-6-10-20)21-11-7-4-8-12-21/h3-16,23,25,28,32H,17H2,1-2H3/b24-19+/t23-,28-/m0/s1. The first-order valence-corrected chi connectivity index (χ1v) is 11.7. The molecule has 0 aromatic heterocycles. The van der Waals surface area contributed by atoms with Crippen LogP contribution < -0.4 is 0 Å². The van der Waals surface area contributed by atoms with Crippen LogP contribution in [-0.2, 0) is 19.1 Å². The third kappa shape index (κ3) is 4.29. The molecule has 1 fully saturated rings. The highest BCUT2D eigenvalue weighted by atomic mass is 16.6. The summed E-state index contributed by atoms with van der Waals surface area (Å²) in [6.45, 7) is 3.15. The second-order valence-electron chi connectivity index (χ2n) is 8.86. The molecule has 2 aliphatic rings. The fourth-order valence-corrected chi connectivity index (χ4v) is 4.33. The number of ether oxygens (including phenoxy) is 2. The first kappa shape index (κ1) is 23.5. The predicted molar refractivity (Wildman–Crippen MR) is 134 cm³/mol. The lowest BCUT2D eigenvalue weighted by Crippen LogP contribution is -2.63. The lowest BCUT2D eigenvalue weighted by atomic mass is 10.0. The van der Waals surface area contributed by atoms with E-state index in [-0.39, 0.29) is 11.6 Å². The number of aryl methyl sites for hydroxylation is 1. The van der Waals surface area contributed by atoms with Gasteiger partial charge in [0.25, 0.3) is 5.91 Å². The molecule has 182 valence electrons. The van der Waals surface area contributed by atoms with Gasteiger partial charge in [0.2, 0.25) is 12.1 Å². The molecule has 36 heavy (non-hydrogen) atoms. The smallest absolute Gasteiger partial charge is 0.356 e. The number of amides is 1. The maximum Gasteiger partial charge on any atom is 0.356 e. The number of carbonyl (C=O) groups excluding carboxylic acids is 2. The van der Waals surface area contributed by atoms with Gasteiger partial charge in [-0.3, -0.25) is 9.69 Å². The molecule has 0 radical (unpaired) electrons. The van der Waals surface area contributed by atoms with Crippen molar-refractivity contribution in [1.29, 1.82) is 0 Å². The monoisotopic (exact) mass is 482 g/mol. The highest BCUT2D eigenvalue weighted by molar-refractivity contribution is 6.05. The lowest BCUT2D eigenvalue weighted by Gasteiger charge is -2.41. The van der Waals surface area contributed by atoms with Crippen molar-refractivity contribution in [2.24, 2.45) is 4.99 Å². The molecule has 1 amide bonds. The third-order valence-electron chi connectivity index (χ3n) is 6.31. The minimum absolute atomic E-state index is 0.0269. The lowest BCUT2D eigenvalue weighted by molar-refractivity contribution is -0.165. The van der Waals surface area contributed by atoms with E-state index in [0.717, 1.165) is 22.3 Å². The molecule has 7 nitrogen and oxygen atoms in total. The number of carbonyl (C=O) groups is 2. The number of aliphatic imine (C=N–C) groups is 1. The van der Waals surface area contributed by atoms with Gasteiger partial charge in [0.1, 0.15) is 5.70 Å². The van der Waals surface area contributed by atoms with Crippen molar-refractivity contribution in [1.82, 2.24) is 4.90 Å². The van der Waals surface area contributed by atoms with Gasteiger partial charge in [-0.1, -0.05) is 78.4 Å². The van der Waals surface area contributed by atoms with Crippen molar-refractivity contribution in [3.05, 3.63) is 118 Å². The Bertz CT molecular complexity index is 1290. The molecule has 0 aliphatic carbocycles. The number of hydrogen-bond acceptors (Lipinski definition) is 6. The molecule has 2 atom stereocenters. The Labute approximate surface area is 209 Å². The van der Waals surface area contributed by atoms with E-state index in [1.165, 1.54) is 4.90 Å². The van der Waals surface area contributed by atoms with E-state index in [0.29, 0.717) is 11.5 Å². The maximum absolute atomic E-state index is 13.6. The molecule has 1 N–H and O–H groups in total. The van der Waals surface area contributed by atoms with Gasteiger partial charge in [-0.05, 0) is 42.7 Å². The molecule has 0 saturated carbocycles. The summed E-state index contributed by atoms with van der Waals surface area (Å²) in [6, 6.07) is 25.6. The minimum Gasteiger partial charge on any atom is -0.450 e. The zero-order valence-electron chi connectivity index (χ0n) is 20.0. The number of aliphatic hydroxyl groups is 1. The number of nitrogens with zero attached hydrogens (tertiary/aromatic N) is 2. The molecule has 3 aromatic rings. The summed E-state index contributed by atoms with van der Waals surface area (Å²) in [5.74, 6) is -0.752. The quantitative estimate of drug-likeness (QED) is 0.313. The van der Waals surface area contributed by atoms with Crippen molar-refractivity contribution in [3.8, 4) is 0 Å². The number of β-lactam (4-membered cyclic amide) rings is 1. The van der Waals surface area contributed by atoms with Crippen LogP contribution in [0.3, 0.4) is 0 Å². The van der Waals surface area contributed by atoms with Crippen LogP contribution in [0.25, 0.3) is 0 Å². The van der Waals surface area contributed by atoms with Gasteiger partial charge in [0.05, 0.1) is 6.61 Å². The van der Waals surface area contributed by atoms with Gasteiger partial charge in [-0.2, -0.15) is 0 Å². The van der Waals surface area contributed by atoms with Crippen molar-refractivity contribution in [2.75, 3.05) is 6.61 Å².